The van der Waals surface area contributed by atoms with Gasteiger partial charge in [0.1, 0.15) is 5.76 Å². The largest absolute Gasteiger partial charge is 0.448 e. The highest BCUT2D eigenvalue weighted by Crippen LogP contribution is 2.23. The average Bonchev–Trinajstić information content (AvgIpc) is 2.93. The Balaban J connectivity index is 1.64. The number of nitrogens with zero attached hydrogens (tertiary/aromatic N) is 2. The highest BCUT2D eigenvalue weighted by Gasteiger charge is 2.36. The minimum absolute atomic E-state index is 0.343. The Hall–Kier alpha value is -0.600. The van der Waals surface area contributed by atoms with E-state index in [1.807, 2.05) is 6.07 Å². The zero-order valence-electron chi connectivity index (χ0n) is 12.4. The molecule has 2 aliphatic rings. The molecule has 124 valence electrons. The predicted octanol–water partition coefficient (Wildman–Crippen LogP) is 1.56. The third-order valence-corrected chi connectivity index (χ3v) is 6.74. The first-order valence-electron chi connectivity index (χ1n) is 7.59. The van der Waals surface area contributed by atoms with Gasteiger partial charge in [0.2, 0.25) is 10.0 Å². The van der Waals surface area contributed by atoms with E-state index in [4.69, 9.17) is 20.8 Å². The minimum atomic E-state index is -3.25. The van der Waals surface area contributed by atoms with Gasteiger partial charge in [-0.2, -0.15) is 4.31 Å². The van der Waals surface area contributed by atoms with Gasteiger partial charge in [-0.15, -0.1) is 0 Å². The number of piperidine rings is 1. The standard InChI is InChI=1S/C14H21ClN2O4S/c15-14-4-3-12(21-14)10-16-5-1-2-13(11-16)22(18,19)17-6-8-20-9-7-17/h3-4,13H,1-2,5-11H2. The Morgan fingerprint density at radius 3 is 2.68 bits per heavy atom. The molecule has 0 saturated carbocycles. The molecule has 0 radical (unpaired) electrons. The fourth-order valence-electron chi connectivity index (χ4n) is 3.07. The van der Waals surface area contributed by atoms with Crippen molar-refractivity contribution in [2.45, 2.75) is 24.6 Å². The Kier molecular flexibility index (Phi) is 5.09. The zero-order chi connectivity index (χ0) is 15.6. The van der Waals surface area contributed by atoms with Gasteiger partial charge in [0, 0.05) is 19.6 Å². The molecule has 2 fully saturated rings. The van der Waals surface area contributed by atoms with E-state index in [2.05, 4.69) is 4.90 Å². The van der Waals surface area contributed by atoms with Crippen LogP contribution in [0.25, 0.3) is 0 Å². The summed E-state index contributed by atoms with van der Waals surface area (Å²) in [5.74, 6) is 0.773. The molecule has 0 spiro atoms. The lowest BCUT2D eigenvalue weighted by molar-refractivity contribution is 0.0718. The van der Waals surface area contributed by atoms with Crippen LogP contribution in [0.3, 0.4) is 0 Å². The van der Waals surface area contributed by atoms with E-state index < -0.39 is 10.0 Å². The third-order valence-electron chi connectivity index (χ3n) is 4.22. The van der Waals surface area contributed by atoms with Crippen LogP contribution in [0, 0.1) is 0 Å². The number of halogens is 1. The van der Waals surface area contributed by atoms with Crippen LogP contribution in [-0.2, 0) is 21.3 Å². The first-order chi connectivity index (χ1) is 10.6. The van der Waals surface area contributed by atoms with Crippen LogP contribution in [0.1, 0.15) is 18.6 Å². The van der Waals surface area contributed by atoms with Crippen molar-refractivity contribution in [1.82, 2.24) is 9.21 Å². The summed E-state index contributed by atoms with van der Waals surface area (Å²) in [6.07, 6.45) is 1.60. The normalized spacial score (nSPS) is 25.4. The number of ether oxygens (including phenoxy) is 1. The maximum atomic E-state index is 12.7. The van der Waals surface area contributed by atoms with Crippen molar-refractivity contribution in [1.29, 1.82) is 0 Å². The third kappa shape index (κ3) is 3.65. The van der Waals surface area contributed by atoms with Gasteiger partial charge in [0.15, 0.2) is 5.22 Å². The monoisotopic (exact) mass is 348 g/mol. The first-order valence-corrected chi connectivity index (χ1v) is 9.47. The molecule has 22 heavy (non-hydrogen) atoms. The lowest BCUT2D eigenvalue weighted by atomic mass is 10.1. The Morgan fingerprint density at radius 1 is 1.23 bits per heavy atom. The first kappa shape index (κ1) is 16.3. The molecule has 0 N–H and O–H groups in total. The average molecular weight is 349 g/mol. The summed E-state index contributed by atoms with van der Waals surface area (Å²) in [7, 11) is -3.25. The van der Waals surface area contributed by atoms with E-state index in [-0.39, 0.29) is 5.25 Å². The second kappa shape index (κ2) is 6.88. The highest BCUT2D eigenvalue weighted by molar-refractivity contribution is 7.89. The van der Waals surface area contributed by atoms with E-state index in [0.29, 0.717) is 44.6 Å². The summed E-state index contributed by atoms with van der Waals surface area (Å²) < 4.78 is 37.7. The second-order valence-electron chi connectivity index (χ2n) is 5.76. The van der Waals surface area contributed by atoms with Crippen LogP contribution in [0.4, 0.5) is 0 Å². The SMILES string of the molecule is O=S(=O)(C1CCCN(Cc2ccc(Cl)o2)C1)N1CCOCC1. The van der Waals surface area contributed by atoms with Crippen LogP contribution in [0.2, 0.25) is 5.22 Å². The molecule has 0 aromatic carbocycles. The van der Waals surface area contributed by atoms with E-state index in [1.54, 1.807) is 10.4 Å². The van der Waals surface area contributed by atoms with Crippen LogP contribution in [-0.4, -0.2) is 62.3 Å². The van der Waals surface area contributed by atoms with E-state index in [9.17, 15) is 8.42 Å². The Bertz CT molecular complexity index is 598. The van der Waals surface area contributed by atoms with E-state index >= 15 is 0 Å². The van der Waals surface area contributed by atoms with Crippen molar-refractivity contribution in [2.24, 2.45) is 0 Å². The lowest BCUT2D eigenvalue weighted by Gasteiger charge is -2.36. The van der Waals surface area contributed by atoms with Crippen LogP contribution in [0.15, 0.2) is 16.5 Å². The maximum Gasteiger partial charge on any atom is 0.218 e. The highest BCUT2D eigenvalue weighted by atomic mass is 35.5. The summed E-state index contributed by atoms with van der Waals surface area (Å²) in [5, 5.41) is 0.0225. The molecule has 1 unspecified atom stereocenters. The van der Waals surface area contributed by atoms with Crippen molar-refractivity contribution in [2.75, 3.05) is 39.4 Å². The van der Waals surface area contributed by atoms with Gasteiger partial charge in [-0.3, -0.25) is 4.90 Å². The molecule has 0 bridgehead atoms. The van der Waals surface area contributed by atoms with Crippen LogP contribution in [0.5, 0.6) is 0 Å². The summed E-state index contributed by atoms with van der Waals surface area (Å²) in [5.41, 5.74) is 0. The van der Waals surface area contributed by atoms with Crippen molar-refractivity contribution in [3.8, 4) is 0 Å². The van der Waals surface area contributed by atoms with Gasteiger partial charge in [0.25, 0.3) is 0 Å². The molecule has 0 amide bonds. The Morgan fingerprint density at radius 2 is 2.00 bits per heavy atom. The van der Waals surface area contributed by atoms with Crippen molar-refractivity contribution in [3.05, 3.63) is 23.1 Å². The van der Waals surface area contributed by atoms with Gasteiger partial charge in [-0.1, -0.05) is 0 Å². The van der Waals surface area contributed by atoms with Gasteiger partial charge in [-0.05, 0) is 43.1 Å². The quantitative estimate of drug-likeness (QED) is 0.826. The van der Waals surface area contributed by atoms with Crippen molar-refractivity contribution >= 4 is 21.6 Å². The molecular formula is C14H21ClN2O4S. The van der Waals surface area contributed by atoms with Crippen molar-refractivity contribution in [3.63, 3.8) is 0 Å². The predicted molar refractivity (Wildman–Crippen MR) is 83.3 cm³/mol. The summed E-state index contributed by atoms with van der Waals surface area (Å²) in [6.45, 7) is 3.92. The molecule has 6 nitrogen and oxygen atoms in total. The summed E-state index contributed by atoms with van der Waals surface area (Å²) in [6, 6.07) is 3.55. The van der Waals surface area contributed by atoms with Gasteiger partial charge in [-0.25, -0.2) is 8.42 Å². The van der Waals surface area contributed by atoms with Crippen molar-refractivity contribution < 1.29 is 17.6 Å². The molecule has 8 heteroatoms. The minimum Gasteiger partial charge on any atom is -0.448 e. The molecular weight excluding hydrogens is 328 g/mol. The fraction of sp³-hybridized carbons (Fsp3) is 0.714. The van der Waals surface area contributed by atoms with Gasteiger partial charge < -0.3 is 9.15 Å². The molecule has 0 aliphatic carbocycles. The number of hydrogen-bond acceptors (Lipinski definition) is 5. The maximum absolute atomic E-state index is 12.7. The number of rotatable bonds is 4. The molecule has 3 heterocycles. The molecule has 1 atom stereocenters. The number of likely N-dealkylation sites (tertiary alicyclic amines) is 1. The number of morpholine rings is 1. The zero-order valence-corrected chi connectivity index (χ0v) is 14.0. The summed E-state index contributed by atoms with van der Waals surface area (Å²) >= 11 is 5.78. The number of hydrogen-bond donors (Lipinski definition) is 0. The second-order valence-corrected chi connectivity index (χ2v) is 8.35. The topological polar surface area (TPSA) is 63.0 Å². The number of furan rings is 1. The number of sulfonamides is 1. The lowest BCUT2D eigenvalue weighted by Crippen LogP contribution is -2.50. The Labute approximate surface area is 136 Å². The van der Waals surface area contributed by atoms with Crippen LogP contribution < -0.4 is 0 Å². The van der Waals surface area contributed by atoms with E-state index in [0.717, 1.165) is 25.1 Å². The fourth-order valence-corrected chi connectivity index (χ4v) is 5.17. The summed E-state index contributed by atoms with van der Waals surface area (Å²) in [4.78, 5) is 2.13. The van der Waals surface area contributed by atoms with Gasteiger partial charge >= 0.3 is 0 Å². The molecule has 3 rings (SSSR count). The van der Waals surface area contributed by atoms with Gasteiger partial charge in [0.05, 0.1) is 25.0 Å². The molecule has 2 aliphatic heterocycles. The molecule has 2 saturated heterocycles. The van der Waals surface area contributed by atoms with E-state index in [1.165, 1.54) is 0 Å². The molecule has 1 aromatic rings. The van der Waals surface area contributed by atoms with Crippen LogP contribution >= 0.6 is 11.6 Å². The smallest absolute Gasteiger partial charge is 0.218 e. The molecule has 1 aromatic heterocycles.